The second-order valence-electron chi connectivity index (χ2n) is 6.40. The summed E-state index contributed by atoms with van der Waals surface area (Å²) in [6.07, 6.45) is -1.32. The molecule has 2 atom stereocenters. The Bertz CT molecular complexity index is 854. The lowest BCUT2D eigenvalue weighted by Gasteiger charge is -2.34. The zero-order chi connectivity index (χ0) is 21.0. The Morgan fingerprint density at radius 2 is 1.72 bits per heavy atom. The molecule has 0 amide bonds. The second kappa shape index (κ2) is 9.02. The SMILES string of the molecule is COCOc1c(OC)cc([C@H]2Oc3cc(C(C)=O)ccc3O[C@@H]2CO)cc1OC. The molecule has 156 valence electrons. The number of methoxy groups -OCH3 is 3. The lowest BCUT2D eigenvalue weighted by Crippen LogP contribution is -2.36. The zero-order valence-corrected chi connectivity index (χ0v) is 16.8. The second-order valence-corrected chi connectivity index (χ2v) is 6.40. The number of Topliss-reactive ketones (excluding diaryl/α,β-unsaturated/α-hetero) is 1. The summed E-state index contributed by atoms with van der Waals surface area (Å²) >= 11 is 0. The van der Waals surface area contributed by atoms with Gasteiger partial charge in [0.2, 0.25) is 5.75 Å². The van der Waals surface area contributed by atoms with Crippen molar-refractivity contribution in [2.24, 2.45) is 0 Å². The molecule has 0 radical (unpaired) electrons. The van der Waals surface area contributed by atoms with E-state index in [1.54, 1.807) is 30.3 Å². The van der Waals surface area contributed by atoms with Crippen molar-refractivity contribution in [3.8, 4) is 28.7 Å². The van der Waals surface area contributed by atoms with Crippen molar-refractivity contribution in [1.82, 2.24) is 0 Å². The van der Waals surface area contributed by atoms with Gasteiger partial charge in [0, 0.05) is 18.2 Å². The first-order valence-electron chi connectivity index (χ1n) is 8.99. The van der Waals surface area contributed by atoms with Crippen molar-refractivity contribution in [1.29, 1.82) is 0 Å². The standard InChI is InChI=1S/C21H24O8/c1-12(23)13-5-6-15-16(7-13)29-20(19(10-22)28-15)14-8-17(25-3)21(27-11-24-2)18(9-14)26-4/h5-9,19-20,22H,10-11H2,1-4H3/t19-,20-/m1/s1. The van der Waals surface area contributed by atoms with Crippen molar-refractivity contribution < 1.29 is 38.3 Å². The quantitative estimate of drug-likeness (QED) is 0.530. The Balaban J connectivity index is 2.01. The summed E-state index contributed by atoms with van der Waals surface area (Å²) in [7, 11) is 4.53. The van der Waals surface area contributed by atoms with Crippen LogP contribution in [0, 0.1) is 0 Å². The molecule has 1 N–H and O–H groups in total. The molecular weight excluding hydrogens is 380 g/mol. The van der Waals surface area contributed by atoms with Gasteiger partial charge in [-0.25, -0.2) is 0 Å². The fourth-order valence-corrected chi connectivity index (χ4v) is 3.09. The first-order chi connectivity index (χ1) is 14.0. The topological polar surface area (TPSA) is 92.7 Å². The van der Waals surface area contributed by atoms with E-state index in [1.807, 2.05) is 0 Å². The molecule has 8 heteroatoms. The van der Waals surface area contributed by atoms with Gasteiger partial charge >= 0.3 is 0 Å². The van der Waals surface area contributed by atoms with E-state index in [2.05, 4.69) is 0 Å². The normalized spacial score (nSPS) is 17.6. The third-order valence-electron chi connectivity index (χ3n) is 4.53. The molecule has 0 saturated heterocycles. The maximum Gasteiger partial charge on any atom is 0.206 e. The summed E-state index contributed by atoms with van der Waals surface area (Å²) in [5.74, 6) is 2.02. The van der Waals surface area contributed by atoms with Gasteiger partial charge in [-0.15, -0.1) is 0 Å². The summed E-state index contributed by atoms with van der Waals surface area (Å²) in [4.78, 5) is 11.7. The molecular formula is C21H24O8. The van der Waals surface area contributed by atoms with Gasteiger partial charge in [-0.2, -0.15) is 0 Å². The monoisotopic (exact) mass is 404 g/mol. The Kier molecular flexibility index (Phi) is 6.46. The van der Waals surface area contributed by atoms with Crippen LogP contribution in [0.2, 0.25) is 0 Å². The number of ketones is 1. The molecule has 0 spiro atoms. The molecule has 0 saturated carbocycles. The van der Waals surface area contributed by atoms with Gasteiger partial charge < -0.3 is 33.5 Å². The first kappa shape index (κ1) is 20.8. The number of aliphatic hydroxyl groups is 1. The number of hydrogen-bond acceptors (Lipinski definition) is 8. The lowest BCUT2D eigenvalue weighted by atomic mass is 10.0. The minimum Gasteiger partial charge on any atom is -0.493 e. The summed E-state index contributed by atoms with van der Waals surface area (Å²) in [6, 6.07) is 8.40. The highest BCUT2D eigenvalue weighted by Crippen LogP contribution is 2.45. The maximum atomic E-state index is 11.7. The van der Waals surface area contributed by atoms with Crippen LogP contribution in [0.4, 0.5) is 0 Å². The average Bonchev–Trinajstić information content (AvgIpc) is 2.75. The van der Waals surface area contributed by atoms with Gasteiger partial charge in [-0.05, 0) is 37.3 Å². The van der Waals surface area contributed by atoms with Crippen LogP contribution >= 0.6 is 0 Å². The van der Waals surface area contributed by atoms with E-state index in [-0.39, 0.29) is 19.2 Å². The molecule has 0 unspecified atom stereocenters. The van der Waals surface area contributed by atoms with E-state index in [1.165, 1.54) is 28.3 Å². The molecule has 0 fully saturated rings. The number of aliphatic hydroxyl groups excluding tert-OH is 1. The average molecular weight is 404 g/mol. The van der Waals surface area contributed by atoms with Crippen LogP contribution in [0.3, 0.4) is 0 Å². The van der Waals surface area contributed by atoms with E-state index >= 15 is 0 Å². The van der Waals surface area contributed by atoms with Gasteiger partial charge in [0.05, 0.1) is 20.8 Å². The smallest absolute Gasteiger partial charge is 0.206 e. The fourth-order valence-electron chi connectivity index (χ4n) is 3.09. The van der Waals surface area contributed by atoms with Crippen LogP contribution in [0.15, 0.2) is 30.3 Å². The summed E-state index contributed by atoms with van der Waals surface area (Å²) in [6.45, 7) is 1.23. The predicted octanol–water partition coefficient (Wildman–Crippen LogP) is 2.76. The molecule has 0 aliphatic carbocycles. The van der Waals surface area contributed by atoms with Gasteiger partial charge in [0.1, 0.15) is 0 Å². The van der Waals surface area contributed by atoms with E-state index < -0.39 is 12.2 Å². The Labute approximate surface area is 168 Å². The molecule has 29 heavy (non-hydrogen) atoms. The van der Waals surface area contributed by atoms with Crippen LogP contribution < -0.4 is 23.7 Å². The predicted molar refractivity (Wildman–Crippen MR) is 103 cm³/mol. The molecule has 1 aliphatic heterocycles. The summed E-state index contributed by atoms with van der Waals surface area (Å²) in [5, 5.41) is 9.85. The van der Waals surface area contributed by atoms with Crippen LogP contribution in [-0.2, 0) is 4.74 Å². The number of carbonyl (C=O) groups excluding carboxylic acids is 1. The van der Waals surface area contributed by atoms with Crippen LogP contribution in [0.25, 0.3) is 0 Å². The Morgan fingerprint density at radius 3 is 2.28 bits per heavy atom. The lowest BCUT2D eigenvalue weighted by molar-refractivity contribution is -0.0126. The van der Waals surface area contributed by atoms with Crippen molar-refractivity contribution >= 4 is 5.78 Å². The number of hydrogen-bond donors (Lipinski definition) is 1. The van der Waals surface area contributed by atoms with Crippen LogP contribution in [-0.4, -0.2) is 51.7 Å². The highest BCUT2D eigenvalue weighted by molar-refractivity contribution is 5.94. The van der Waals surface area contributed by atoms with Gasteiger partial charge in [0.15, 0.2) is 47.8 Å². The number of benzene rings is 2. The highest BCUT2D eigenvalue weighted by atomic mass is 16.7. The number of rotatable bonds is 8. The van der Waals surface area contributed by atoms with Gasteiger partial charge in [-0.1, -0.05) is 0 Å². The molecule has 8 nitrogen and oxygen atoms in total. The van der Waals surface area contributed by atoms with Crippen LogP contribution in [0.1, 0.15) is 28.9 Å². The van der Waals surface area contributed by atoms with Crippen LogP contribution in [0.5, 0.6) is 28.7 Å². The minimum absolute atomic E-state index is 0.0234. The molecule has 2 aromatic carbocycles. The summed E-state index contributed by atoms with van der Waals surface area (Å²) in [5.41, 5.74) is 1.16. The number of carbonyl (C=O) groups is 1. The third-order valence-corrected chi connectivity index (χ3v) is 4.53. The van der Waals surface area contributed by atoms with Crippen molar-refractivity contribution in [3.05, 3.63) is 41.5 Å². The highest BCUT2D eigenvalue weighted by Gasteiger charge is 2.34. The molecule has 0 aromatic heterocycles. The van der Waals surface area contributed by atoms with Crippen molar-refractivity contribution in [3.63, 3.8) is 0 Å². The van der Waals surface area contributed by atoms with E-state index in [4.69, 9.17) is 28.4 Å². The molecule has 2 aromatic rings. The molecule has 0 bridgehead atoms. The van der Waals surface area contributed by atoms with E-state index in [0.29, 0.717) is 39.9 Å². The Hall–Kier alpha value is -2.97. The van der Waals surface area contributed by atoms with E-state index in [0.717, 1.165) is 0 Å². The zero-order valence-electron chi connectivity index (χ0n) is 16.8. The largest absolute Gasteiger partial charge is 0.493 e. The number of fused-ring (bicyclic) bond motifs is 1. The molecule has 1 aliphatic rings. The summed E-state index contributed by atoms with van der Waals surface area (Å²) < 4.78 is 33.4. The van der Waals surface area contributed by atoms with Gasteiger partial charge in [0.25, 0.3) is 0 Å². The van der Waals surface area contributed by atoms with Crippen molar-refractivity contribution in [2.75, 3.05) is 34.7 Å². The van der Waals surface area contributed by atoms with Crippen molar-refractivity contribution in [2.45, 2.75) is 19.1 Å². The third kappa shape index (κ3) is 4.23. The Morgan fingerprint density at radius 1 is 1.03 bits per heavy atom. The maximum absolute atomic E-state index is 11.7. The molecule has 3 rings (SSSR count). The first-order valence-corrected chi connectivity index (χ1v) is 8.99. The van der Waals surface area contributed by atoms with Gasteiger partial charge in [-0.3, -0.25) is 4.79 Å². The molecule has 1 heterocycles. The fraction of sp³-hybridized carbons (Fsp3) is 0.381. The van der Waals surface area contributed by atoms with E-state index in [9.17, 15) is 9.90 Å². The minimum atomic E-state index is -0.661. The number of ether oxygens (including phenoxy) is 6.